The van der Waals surface area contributed by atoms with Crippen molar-refractivity contribution in [2.24, 2.45) is 5.10 Å². The molecule has 9 heteroatoms. The lowest BCUT2D eigenvalue weighted by Gasteiger charge is -2.04. The molecule has 8 nitrogen and oxygen atoms in total. The molecule has 1 amide bonds. The molecular weight excluding hydrogens is 384 g/mol. The highest BCUT2D eigenvalue weighted by atomic mass is 35.5. The first-order chi connectivity index (χ1) is 13.5. The normalized spacial score (nSPS) is 10.6. The zero-order valence-electron chi connectivity index (χ0n) is 14.3. The van der Waals surface area contributed by atoms with E-state index in [1.807, 2.05) is 0 Å². The van der Waals surface area contributed by atoms with Crippen LogP contribution in [0.25, 0.3) is 0 Å². The number of hydrogen-bond acceptors (Lipinski definition) is 6. The summed E-state index contributed by atoms with van der Waals surface area (Å²) in [6.07, 6.45) is 2.60. The van der Waals surface area contributed by atoms with Gasteiger partial charge in [-0.1, -0.05) is 23.7 Å². The molecule has 3 aromatic rings. The number of hydrogen-bond donors (Lipinski definition) is 1. The van der Waals surface area contributed by atoms with Crippen molar-refractivity contribution in [3.63, 3.8) is 0 Å². The molecule has 1 aromatic heterocycles. The quantitative estimate of drug-likeness (QED) is 0.381. The first-order valence-corrected chi connectivity index (χ1v) is 8.37. The molecule has 0 fully saturated rings. The predicted molar refractivity (Wildman–Crippen MR) is 104 cm³/mol. The second-order valence-corrected chi connectivity index (χ2v) is 5.87. The highest BCUT2D eigenvalue weighted by Crippen LogP contribution is 2.21. The smallest absolute Gasteiger partial charge is 0.287 e. The molecule has 0 saturated heterocycles. The Morgan fingerprint density at radius 2 is 1.89 bits per heavy atom. The van der Waals surface area contributed by atoms with Gasteiger partial charge in [-0.15, -0.1) is 0 Å². The van der Waals surface area contributed by atoms with Crippen LogP contribution in [0.1, 0.15) is 15.9 Å². The molecule has 2 aromatic carbocycles. The maximum Gasteiger partial charge on any atom is 0.287 e. The Hall–Kier alpha value is -3.78. The van der Waals surface area contributed by atoms with Crippen LogP contribution in [0, 0.1) is 10.1 Å². The van der Waals surface area contributed by atoms with Gasteiger partial charge in [0.25, 0.3) is 11.6 Å². The lowest BCUT2D eigenvalue weighted by Crippen LogP contribution is -2.17. The summed E-state index contributed by atoms with van der Waals surface area (Å²) in [5, 5.41) is 14.9. The number of carbonyl (C=O) groups excluding carboxylic acids is 1. The van der Waals surface area contributed by atoms with Crippen molar-refractivity contribution in [1.82, 2.24) is 10.4 Å². The third-order valence-electron chi connectivity index (χ3n) is 3.53. The number of ether oxygens (including phenoxy) is 1. The van der Waals surface area contributed by atoms with E-state index in [2.05, 4.69) is 15.5 Å². The van der Waals surface area contributed by atoms with Crippen molar-refractivity contribution in [3.05, 3.63) is 93.1 Å². The fourth-order valence-corrected chi connectivity index (χ4v) is 2.38. The number of nitrogens with one attached hydrogen (secondary N) is 1. The van der Waals surface area contributed by atoms with Crippen LogP contribution in [0.5, 0.6) is 11.6 Å². The largest absolute Gasteiger partial charge is 0.439 e. The van der Waals surface area contributed by atoms with Crippen molar-refractivity contribution in [2.75, 3.05) is 0 Å². The van der Waals surface area contributed by atoms with Crippen LogP contribution in [0.15, 0.2) is 72.0 Å². The van der Waals surface area contributed by atoms with Crippen LogP contribution < -0.4 is 10.2 Å². The van der Waals surface area contributed by atoms with E-state index >= 15 is 0 Å². The van der Waals surface area contributed by atoms with E-state index in [0.717, 1.165) is 11.8 Å². The molecule has 0 bridgehead atoms. The summed E-state index contributed by atoms with van der Waals surface area (Å²) in [4.78, 5) is 26.0. The van der Waals surface area contributed by atoms with E-state index in [-0.39, 0.29) is 11.6 Å². The van der Waals surface area contributed by atoms with Gasteiger partial charge in [0, 0.05) is 12.1 Å². The van der Waals surface area contributed by atoms with Crippen molar-refractivity contribution in [2.45, 2.75) is 0 Å². The van der Waals surface area contributed by atoms with E-state index in [0.29, 0.717) is 16.3 Å². The van der Waals surface area contributed by atoms with Crippen LogP contribution in [-0.2, 0) is 0 Å². The van der Waals surface area contributed by atoms with E-state index in [9.17, 15) is 14.9 Å². The van der Waals surface area contributed by atoms with Crippen molar-refractivity contribution in [3.8, 4) is 11.6 Å². The third kappa shape index (κ3) is 4.89. The minimum Gasteiger partial charge on any atom is -0.439 e. The minimum atomic E-state index is -0.532. The average Bonchev–Trinajstić information content (AvgIpc) is 2.70. The number of hydrazone groups is 1. The number of aromatic nitrogens is 1. The molecule has 0 unspecified atom stereocenters. The molecular formula is C19H13ClN4O4. The number of amides is 1. The highest BCUT2D eigenvalue weighted by Gasteiger charge is 2.08. The zero-order valence-corrected chi connectivity index (χ0v) is 15.0. The van der Waals surface area contributed by atoms with E-state index in [1.165, 1.54) is 18.3 Å². The van der Waals surface area contributed by atoms with Gasteiger partial charge in [-0.2, -0.15) is 5.10 Å². The molecule has 0 aliphatic heterocycles. The van der Waals surface area contributed by atoms with E-state index < -0.39 is 10.8 Å². The number of nitro groups is 1. The summed E-state index contributed by atoms with van der Waals surface area (Å²) in [7, 11) is 0. The minimum absolute atomic E-state index is 0.113. The van der Waals surface area contributed by atoms with Gasteiger partial charge < -0.3 is 4.74 Å². The van der Waals surface area contributed by atoms with Gasteiger partial charge in [0.05, 0.1) is 21.7 Å². The van der Waals surface area contributed by atoms with Gasteiger partial charge in [0.15, 0.2) is 0 Å². The summed E-state index contributed by atoms with van der Waals surface area (Å²) >= 11 is 5.96. The Labute approximate surface area is 164 Å². The monoisotopic (exact) mass is 396 g/mol. The average molecular weight is 397 g/mol. The van der Waals surface area contributed by atoms with Gasteiger partial charge in [-0.05, 0) is 42.0 Å². The maximum absolute atomic E-state index is 12.0. The van der Waals surface area contributed by atoms with E-state index in [1.54, 1.807) is 48.5 Å². The molecule has 0 spiro atoms. The number of pyridine rings is 1. The zero-order chi connectivity index (χ0) is 19.9. The fraction of sp³-hybridized carbons (Fsp3) is 0. The molecule has 0 atom stereocenters. The van der Waals surface area contributed by atoms with Crippen LogP contribution in [0.2, 0.25) is 5.02 Å². The standard InChI is InChI=1S/C19H13ClN4O4/c20-17-4-2-1-3-16(17)19(25)23-22-11-13-5-8-15(9-6-13)28-18-10-7-14(12-21-18)24(26)27/h1-12H,(H,23,25). The summed E-state index contributed by atoms with van der Waals surface area (Å²) < 4.78 is 5.52. The van der Waals surface area contributed by atoms with E-state index in [4.69, 9.17) is 16.3 Å². The molecule has 28 heavy (non-hydrogen) atoms. The molecule has 140 valence electrons. The summed E-state index contributed by atoms with van der Waals surface area (Å²) in [6, 6.07) is 16.2. The molecule has 0 radical (unpaired) electrons. The van der Waals surface area contributed by atoms with Crippen LogP contribution in [0.3, 0.4) is 0 Å². The first kappa shape index (κ1) is 19.0. The Balaban J connectivity index is 1.58. The Morgan fingerprint density at radius 1 is 1.14 bits per heavy atom. The molecule has 0 saturated carbocycles. The van der Waals surface area contributed by atoms with Gasteiger partial charge in [0.2, 0.25) is 5.88 Å². The lowest BCUT2D eigenvalue weighted by molar-refractivity contribution is -0.385. The van der Waals surface area contributed by atoms with Crippen molar-refractivity contribution >= 4 is 29.4 Å². The molecule has 1 heterocycles. The molecule has 0 aliphatic carbocycles. The number of carbonyl (C=O) groups is 1. The molecule has 1 N–H and O–H groups in total. The second-order valence-electron chi connectivity index (χ2n) is 5.46. The first-order valence-electron chi connectivity index (χ1n) is 7.99. The molecule has 0 aliphatic rings. The number of halogens is 1. The third-order valence-corrected chi connectivity index (χ3v) is 3.86. The number of nitrogens with zero attached hydrogens (tertiary/aromatic N) is 3. The highest BCUT2D eigenvalue weighted by molar-refractivity contribution is 6.33. The Bertz CT molecular complexity index is 1020. The summed E-state index contributed by atoms with van der Waals surface area (Å²) in [5.74, 6) is 0.323. The van der Waals surface area contributed by atoms with Crippen molar-refractivity contribution in [1.29, 1.82) is 0 Å². The summed E-state index contributed by atoms with van der Waals surface area (Å²) in [6.45, 7) is 0. The van der Waals surface area contributed by atoms with Crippen LogP contribution in [0.4, 0.5) is 5.69 Å². The van der Waals surface area contributed by atoms with Crippen LogP contribution >= 0.6 is 11.6 Å². The Morgan fingerprint density at radius 3 is 2.54 bits per heavy atom. The van der Waals surface area contributed by atoms with Gasteiger partial charge in [0.1, 0.15) is 11.9 Å². The SMILES string of the molecule is O=C(NN=Cc1ccc(Oc2ccc([N+](=O)[O-])cn2)cc1)c1ccccc1Cl. The van der Waals surface area contributed by atoms with Crippen LogP contribution in [-0.4, -0.2) is 22.0 Å². The van der Waals surface area contributed by atoms with Gasteiger partial charge in [-0.25, -0.2) is 10.4 Å². The second kappa shape index (κ2) is 8.74. The topological polar surface area (TPSA) is 107 Å². The summed E-state index contributed by atoms with van der Waals surface area (Å²) in [5.41, 5.74) is 3.35. The van der Waals surface area contributed by atoms with Crippen molar-refractivity contribution < 1.29 is 14.5 Å². The van der Waals surface area contributed by atoms with Gasteiger partial charge >= 0.3 is 0 Å². The lowest BCUT2D eigenvalue weighted by atomic mass is 10.2. The number of rotatable bonds is 6. The predicted octanol–water partition coefficient (Wildman–Crippen LogP) is 4.20. The number of benzene rings is 2. The molecule has 3 rings (SSSR count). The Kier molecular flexibility index (Phi) is 5.93. The maximum atomic E-state index is 12.0. The van der Waals surface area contributed by atoms with Gasteiger partial charge in [-0.3, -0.25) is 14.9 Å². The fourth-order valence-electron chi connectivity index (χ4n) is 2.15.